The number of ketones is 1. The molecule has 0 aliphatic carbocycles. The average molecular weight is 427 g/mol. The van der Waals surface area contributed by atoms with Crippen LogP contribution in [-0.2, 0) is 9.53 Å². The molecule has 0 saturated heterocycles. The van der Waals surface area contributed by atoms with Gasteiger partial charge in [-0.15, -0.1) is 0 Å². The van der Waals surface area contributed by atoms with Crippen molar-refractivity contribution in [1.82, 2.24) is 0 Å². The molecule has 164 valence electrons. The zero-order valence-corrected chi connectivity index (χ0v) is 17.3. The van der Waals surface area contributed by atoms with E-state index in [0.29, 0.717) is 22.6 Å². The molecule has 2 aromatic rings. The number of hydrogen-bond acceptors (Lipinski definition) is 6. The molecular weight excluding hydrogens is 402 g/mol. The van der Waals surface area contributed by atoms with Gasteiger partial charge in [0.05, 0.1) is 6.61 Å². The van der Waals surface area contributed by atoms with Crippen LogP contribution in [0.2, 0.25) is 0 Å². The van der Waals surface area contributed by atoms with Crippen LogP contribution in [-0.4, -0.2) is 41.3 Å². The molecule has 8 nitrogen and oxygen atoms in total. The summed E-state index contributed by atoms with van der Waals surface area (Å²) in [5, 5.41) is 20.5. The van der Waals surface area contributed by atoms with Crippen LogP contribution in [0.1, 0.15) is 35.9 Å². The monoisotopic (exact) mass is 427 g/mol. The van der Waals surface area contributed by atoms with Crippen LogP contribution >= 0.6 is 0 Å². The predicted molar refractivity (Wildman–Crippen MR) is 114 cm³/mol. The lowest BCUT2D eigenvalue weighted by Crippen LogP contribution is -2.21. The van der Waals surface area contributed by atoms with Gasteiger partial charge >= 0.3 is 12.1 Å². The summed E-state index contributed by atoms with van der Waals surface area (Å²) in [6.45, 7) is 3.14. The third kappa shape index (κ3) is 7.60. The fourth-order valence-corrected chi connectivity index (χ4v) is 2.81. The van der Waals surface area contributed by atoms with Crippen molar-refractivity contribution >= 4 is 23.5 Å². The zero-order valence-electron chi connectivity index (χ0n) is 17.3. The molecule has 8 heteroatoms. The van der Waals surface area contributed by atoms with E-state index in [-0.39, 0.29) is 19.0 Å². The fraction of sp³-hybridized carbons (Fsp3) is 0.261. The van der Waals surface area contributed by atoms with E-state index in [1.807, 2.05) is 0 Å². The van der Waals surface area contributed by atoms with Crippen molar-refractivity contribution in [2.24, 2.45) is 5.92 Å². The second kappa shape index (κ2) is 11.5. The first-order valence-electron chi connectivity index (χ1n) is 9.63. The van der Waals surface area contributed by atoms with Crippen molar-refractivity contribution < 1.29 is 34.1 Å². The number of aliphatic carboxylic acids is 1. The number of aliphatic hydroxyl groups is 1. The van der Waals surface area contributed by atoms with Crippen molar-refractivity contribution in [1.29, 1.82) is 0 Å². The largest absolute Gasteiger partial charge is 0.491 e. The van der Waals surface area contributed by atoms with E-state index < -0.39 is 24.1 Å². The van der Waals surface area contributed by atoms with E-state index in [4.69, 9.17) is 19.7 Å². The molecule has 2 rings (SSSR count). The Morgan fingerprint density at radius 1 is 1.13 bits per heavy atom. The van der Waals surface area contributed by atoms with Crippen molar-refractivity contribution in [3.8, 4) is 5.75 Å². The Morgan fingerprint density at radius 2 is 1.84 bits per heavy atom. The van der Waals surface area contributed by atoms with E-state index in [1.165, 1.54) is 13.0 Å². The van der Waals surface area contributed by atoms with Gasteiger partial charge in [-0.25, -0.2) is 9.59 Å². The molecule has 3 N–H and O–H groups in total. The Hall–Kier alpha value is -3.65. The van der Waals surface area contributed by atoms with Crippen molar-refractivity contribution in [3.63, 3.8) is 0 Å². The first-order chi connectivity index (χ1) is 14.8. The summed E-state index contributed by atoms with van der Waals surface area (Å²) in [6, 6.07) is 13.2. The van der Waals surface area contributed by atoms with E-state index in [2.05, 4.69) is 5.32 Å². The van der Waals surface area contributed by atoms with Crippen LogP contribution in [0.4, 0.5) is 10.5 Å². The minimum absolute atomic E-state index is 0.0865. The Balaban J connectivity index is 2.20. The normalized spacial score (nSPS) is 12.7. The van der Waals surface area contributed by atoms with Gasteiger partial charge < -0.3 is 19.7 Å². The number of hydrogen-bond donors (Lipinski definition) is 3. The van der Waals surface area contributed by atoms with Gasteiger partial charge in [0.15, 0.2) is 5.78 Å². The highest BCUT2D eigenvalue weighted by Gasteiger charge is 2.23. The summed E-state index contributed by atoms with van der Waals surface area (Å²) >= 11 is 0. The molecule has 0 radical (unpaired) electrons. The van der Waals surface area contributed by atoms with Gasteiger partial charge in [0, 0.05) is 23.2 Å². The lowest BCUT2D eigenvalue weighted by atomic mass is 9.96. The molecule has 0 unspecified atom stereocenters. The molecule has 0 bridgehead atoms. The Morgan fingerprint density at radius 3 is 2.45 bits per heavy atom. The highest BCUT2D eigenvalue weighted by molar-refractivity contribution is 5.95. The lowest BCUT2D eigenvalue weighted by Gasteiger charge is -2.23. The van der Waals surface area contributed by atoms with Gasteiger partial charge in [0.2, 0.25) is 0 Å². The topological polar surface area (TPSA) is 122 Å². The summed E-state index contributed by atoms with van der Waals surface area (Å²) in [6.07, 6.45) is 0.886. The predicted octanol–water partition coefficient (Wildman–Crippen LogP) is 3.83. The molecular formula is C23H25NO7. The first-order valence-corrected chi connectivity index (χ1v) is 9.63. The molecule has 0 aromatic heterocycles. The Bertz CT molecular complexity index is 937. The fourth-order valence-electron chi connectivity index (χ4n) is 2.81. The number of amides is 1. The molecule has 1 amide bonds. The van der Waals surface area contributed by atoms with Crippen molar-refractivity contribution in [2.45, 2.75) is 20.0 Å². The number of ether oxygens (including phenoxy) is 2. The number of carboxylic acids is 1. The van der Waals surface area contributed by atoms with Crippen LogP contribution in [0, 0.1) is 5.92 Å². The molecule has 0 heterocycles. The number of nitrogens with one attached hydrogen (secondary N) is 1. The van der Waals surface area contributed by atoms with Gasteiger partial charge in [0.25, 0.3) is 0 Å². The molecule has 2 aromatic carbocycles. The number of rotatable bonds is 10. The molecule has 2 atom stereocenters. The number of anilines is 1. The summed E-state index contributed by atoms with van der Waals surface area (Å²) in [5.74, 6) is -1.18. The van der Waals surface area contributed by atoms with Gasteiger partial charge in [0.1, 0.15) is 18.5 Å². The second-order valence-electron chi connectivity index (χ2n) is 6.79. The minimum atomic E-state index is -1.11. The highest BCUT2D eigenvalue weighted by atomic mass is 16.6. The number of carboxylic acid groups (broad SMARTS) is 1. The van der Waals surface area contributed by atoms with Gasteiger partial charge in [-0.1, -0.05) is 25.1 Å². The molecule has 0 spiro atoms. The highest BCUT2D eigenvalue weighted by Crippen LogP contribution is 2.30. The molecule has 31 heavy (non-hydrogen) atoms. The summed E-state index contributed by atoms with van der Waals surface area (Å²) in [7, 11) is 0. The Kier molecular flexibility index (Phi) is 8.78. The summed E-state index contributed by atoms with van der Waals surface area (Å²) < 4.78 is 11.0. The SMILES string of the molecule is CC(=O)c1ccc(NC(=O)O[C@@H](c2cccc(OCCO)c2)[C@@H](C)/C=C/C(=O)O)cc1. The first kappa shape index (κ1) is 23.6. The summed E-state index contributed by atoms with van der Waals surface area (Å²) in [4.78, 5) is 34.8. The maximum absolute atomic E-state index is 12.5. The van der Waals surface area contributed by atoms with E-state index in [0.717, 1.165) is 6.08 Å². The zero-order chi connectivity index (χ0) is 22.8. The molecule has 0 fully saturated rings. The number of benzene rings is 2. The van der Waals surface area contributed by atoms with E-state index >= 15 is 0 Å². The maximum Gasteiger partial charge on any atom is 0.412 e. The van der Waals surface area contributed by atoms with E-state index in [9.17, 15) is 14.4 Å². The van der Waals surface area contributed by atoms with Gasteiger partial charge in [-0.05, 0) is 48.9 Å². The lowest BCUT2D eigenvalue weighted by molar-refractivity contribution is -0.131. The van der Waals surface area contributed by atoms with Crippen molar-refractivity contribution in [3.05, 3.63) is 71.8 Å². The maximum atomic E-state index is 12.5. The number of Topliss-reactive ketones (excluding diaryl/α,β-unsaturated/α-hetero) is 1. The van der Waals surface area contributed by atoms with Gasteiger partial charge in [-0.2, -0.15) is 0 Å². The molecule has 0 saturated carbocycles. The van der Waals surface area contributed by atoms with Crippen LogP contribution in [0.5, 0.6) is 5.75 Å². The van der Waals surface area contributed by atoms with Crippen molar-refractivity contribution in [2.75, 3.05) is 18.5 Å². The summed E-state index contributed by atoms with van der Waals surface area (Å²) in [5.41, 5.74) is 1.56. The Labute approximate surface area is 180 Å². The van der Waals surface area contributed by atoms with Crippen LogP contribution in [0.15, 0.2) is 60.7 Å². The van der Waals surface area contributed by atoms with E-state index in [1.54, 1.807) is 55.5 Å². The van der Waals surface area contributed by atoms with Gasteiger partial charge in [-0.3, -0.25) is 10.1 Å². The number of aliphatic hydroxyl groups excluding tert-OH is 1. The minimum Gasteiger partial charge on any atom is -0.491 e. The quantitative estimate of drug-likeness (QED) is 0.389. The second-order valence-corrected chi connectivity index (χ2v) is 6.79. The van der Waals surface area contributed by atoms with Crippen LogP contribution in [0.3, 0.4) is 0 Å². The van der Waals surface area contributed by atoms with Crippen LogP contribution in [0.25, 0.3) is 0 Å². The molecule has 0 aliphatic rings. The number of carbonyl (C=O) groups is 3. The smallest absolute Gasteiger partial charge is 0.412 e. The third-order valence-corrected chi connectivity index (χ3v) is 4.34. The number of carbonyl (C=O) groups excluding carboxylic acids is 2. The standard InChI is InChI=1S/C23H25NO7/c1-15(6-11-21(27)28)22(18-4-3-5-20(14-18)30-13-12-25)31-23(29)24-19-9-7-17(8-10-19)16(2)26/h3-11,14-15,22,25H,12-13H2,1-2H3,(H,24,29)(H,27,28)/b11-6+/t15-,22+/m0/s1. The van der Waals surface area contributed by atoms with Crippen LogP contribution < -0.4 is 10.1 Å². The average Bonchev–Trinajstić information content (AvgIpc) is 2.75. The third-order valence-electron chi connectivity index (χ3n) is 4.34. The molecule has 0 aliphatic heterocycles.